The first-order valence-electron chi connectivity index (χ1n) is 5.99. The summed E-state index contributed by atoms with van der Waals surface area (Å²) in [7, 11) is 0. The van der Waals surface area contributed by atoms with Crippen LogP contribution in [0.15, 0.2) is 36.4 Å². The number of halogens is 1. The molecular weight excluding hydrogens is 280 g/mol. The number of alkyl halides is 1. The van der Waals surface area contributed by atoms with Crippen LogP contribution in [0.5, 0.6) is 5.75 Å². The second-order valence-corrected chi connectivity index (χ2v) is 4.51. The molecule has 0 aliphatic rings. The van der Waals surface area contributed by atoms with Gasteiger partial charge in [0, 0.05) is 17.8 Å². The molecule has 6 heteroatoms. The average Bonchev–Trinajstić information content (AvgIpc) is 2.46. The summed E-state index contributed by atoms with van der Waals surface area (Å²) in [6.45, 7) is 2.20. The van der Waals surface area contributed by atoms with E-state index in [9.17, 15) is 10.1 Å². The fourth-order valence-electron chi connectivity index (χ4n) is 1.70. The van der Waals surface area contributed by atoms with Crippen molar-refractivity contribution in [3.8, 4) is 5.75 Å². The Morgan fingerprint density at radius 1 is 1.25 bits per heavy atom. The Kier molecular flexibility index (Phi) is 4.53. The van der Waals surface area contributed by atoms with Crippen LogP contribution in [-0.4, -0.2) is 9.91 Å². The number of rotatable bonds is 5. The number of pyridine rings is 1. The van der Waals surface area contributed by atoms with Crippen molar-refractivity contribution in [2.24, 2.45) is 0 Å². The summed E-state index contributed by atoms with van der Waals surface area (Å²) in [6.07, 6.45) is 0. The number of aryl methyl sites for hydroxylation is 1. The Morgan fingerprint density at radius 3 is 2.55 bits per heavy atom. The first kappa shape index (κ1) is 14.3. The molecule has 5 nitrogen and oxygen atoms in total. The number of aromatic nitrogens is 1. The Hall–Kier alpha value is -2.14. The van der Waals surface area contributed by atoms with E-state index in [-0.39, 0.29) is 11.6 Å². The molecular formula is C14H13ClN2O3. The second kappa shape index (κ2) is 6.34. The predicted octanol–water partition coefficient (Wildman–Crippen LogP) is 3.62. The van der Waals surface area contributed by atoms with Crippen LogP contribution in [0.1, 0.15) is 17.0 Å². The monoisotopic (exact) mass is 292 g/mol. The molecule has 0 aliphatic heterocycles. The summed E-state index contributed by atoms with van der Waals surface area (Å²) in [5.41, 5.74) is 2.47. The van der Waals surface area contributed by atoms with Crippen molar-refractivity contribution >= 4 is 17.3 Å². The molecule has 0 atom stereocenters. The van der Waals surface area contributed by atoms with E-state index in [2.05, 4.69) is 4.98 Å². The molecule has 0 aliphatic carbocycles. The molecule has 0 saturated heterocycles. The average molecular weight is 293 g/mol. The van der Waals surface area contributed by atoms with E-state index in [0.29, 0.717) is 18.1 Å². The fraction of sp³-hybridized carbons (Fsp3) is 0.214. The maximum Gasteiger partial charge on any atom is 0.269 e. The van der Waals surface area contributed by atoms with Gasteiger partial charge in [0.1, 0.15) is 12.4 Å². The minimum absolute atomic E-state index is 0.0622. The molecule has 0 saturated carbocycles. The molecule has 0 N–H and O–H groups in total. The van der Waals surface area contributed by atoms with E-state index >= 15 is 0 Å². The third-order valence-corrected chi connectivity index (χ3v) is 2.99. The van der Waals surface area contributed by atoms with E-state index in [1.54, 1.807) is 12.1 Å². The van der Waals surface area contributed by atoms with Gasteiger partial charge in [0.05, 0.1) is 16.5 Å². The van der Waals surface area contributed by atoms with Crippen LogP contribution in [-0.2, 0) is 12.5 Å². The molecule has 0 unspecified atom stereocenters. The van der Waals surface area contributed by atoms with E-state index in [4.69, 9.17) is 16.3 Å². The second-order valence-electron chi connectivity index (χ2n) is 4.24. The van der Waals surface area contributed by atoms with E-state index in [0.717, 1.165) is 11.3 Å². The van der Waals surface area contributed by atoms with Gasteiger partial charge < -0.3 is 4.74 Å². The van der Waals surface area contributed by atoms with Gasteiger partial charge in [0.25, 0.3) is 5.69 Å². The smallest absolute Gasteiger partial charge is 0.269 e. The summed E-state index contributed by atoms with van der Waals surface area (Å²) < 4.78 is 5.65. The van der Waals surface area contributed by atoms with Crippen LogP contribution in [0.4, 0.5) is 5.69 Å². The Balaban J connectivity index is 2.06. The summed E-state index contributed by atoms with van der Waals surface area (Å²) in [5.74, 6) is 0.904. The van der Waals surface area contributed by atoms with Crippen LogP contribution >= 0.6 is 11.6 Å². The third kappa shape index (κ3) is 3.45. The molecule has 0 amide bonds. The number of nitrogens with zero attached hydrogens (tertiary/aromatic N) is 2. The minimum atomic E-state index is -0.430. The van der Waals surface area contributed by atoms with Crippen LogP contribution in [0.3, 0.4) is 0 Å². The van der Waals surface area contributed by atoms with Crippen molar-refractivity contribution < 1.29 is 9.66 Å². The molecule has 104 valence electrons. The maximum absolute atomic E-state index is 10.6. The van der Waals surface area contributed by atoms with Crippen molar-refractivity contribution in [3.63, 3.8) is 0 Å². The van der Waals surface area contributed by atoms with Crippen LogP contribution in [0, 0.1) is 17.0 Å². The van der Waals surface area contributed by atoms with Crippen molar-refractivity contribution in [1.82, 2.24) is 4.98 Å². The van der Waals surface area contributed by atoms with Crippen LogP contribution in [0.2, 0.25) is 0 Å². The van der Waals surface area contributed by atoms with Gasteiger partial charge in [0.15, 0.2) is 0 Å². The third-order valence-electron chi connectivity index (χ3n) is 2.74. The van der Waals surface area contributed by atoms with Crippen molar-refractivity contribution in [2.45, 2.75) is 19.4 Å². The first-order chi connectivity index (χ1) is 9.60. The standard InChI is InChI=1S/C14H13ClN2O3/c1-10-2-7-14(13(8-15)16-10)20-9-11-3-5-12(6-4-11)17(18)19/h2-7H,8-9H2,1H3. The highest BCUT2D eigenvalue weighted by Crippen LogP contribution is 2.20. The zero-order valence-corrected chi connectivity index (χ0v) is 11.6. The van der Waals surface area contributed by atoms with Crippen molar-refractivity contribution in [1.29, 1.82) is 0 Å². The Morgan fingerprint density at radius 2 is 1.95 bits per heavy atom. The highest BCUT2D eigenvalue weighted by molar-refractivity contribution is 6.17. The number of hydrogen-bond acceptors (Lipinski definition) is 4. The number of ether oxygens (including phenoxy) is 1. The van der Waals surface area contributed by atoms with E-state index < -0.39 is 4.92 Å². The summed E-state index contributed by atoms with van der Waals surface area (Å²) >= 11 is 5.82. The molecule has 20 heavy (non-hydrogen) atoms. The molecule has 2 rings (SSSR count). The zero-order chi connectivity index (χ0) is 14.5. The zero-order valence-electron chi connectivity index (χ0n) is 10.9. The van der Waals surface area contributed by atoms with Gasteiger partial charge in [0.2, 0.25) is 0 Å². The van der Waals surface area contributed by atoms with Crippen LogP contribution in [0.25, 0.3) is 0 Å². The molecule has 1 aromatic carbocycles. The lowest BCUT2D eigenvalue weighted by atomic mass is 10.2. The predicted molar refractivity (Wildman–Crippen MR) is 76.0 cm³/mol. The molecule has 1 heterocycles. The first-order valence-corrected chi connectivity index (χ1v) is 6.52. The van der Waals surface area contributed by atoms with Gasteiger partial charge in [-0.05, 0) is 36.8 Å². The van der Waals surface area contributed by atoms with Gasteiger partial charge in [-0.3, -0.25) is 15.1 Å². The van der Waals surface area contributed by atoms with E-state index in [1.165, 1.54) is 12.1 Å². The molecule has 0 bridgehead atoms. The van der Waals surface area contributed by atoms with Crippen LogP contribution < -0.4 is 4.74 Å². The van der Waals surface area contributed by atoms with Crippen molar-refractivity contribution in [2.75, 3.05) is 0 Å². The summed E-state index contributed by atoms with van der Waals surface area (Å²) in [4.78, 5) is 14.4. The Bertz CT molecular complexity index is 614. The number of nitro groups is 1. The molecule has 1 aromatic heterocycles. The van der Waals surface area contributed by atoms with Gasteiger partial charge >= 0.3 is 0 Å². The highest BCUT2D eigenvalue weighted by Gasteiger charge is 2.07. The topological polar surface area (TPSA) is 65.3 Å². The summed E-state index contributed by atoms with van der Waals surface area (Å²) in [6, 6.07) is 9.91. The van der Waals surface area contributed by atoms with E-state index in [1.807, 2.05) is 19.1 Å². The summed E-state index contributed by atoms with van der Waals surface area (Å²) in [5, 5.41) is 10.6. The van der Waals surface area contributed by atoms with Gasteiger partial charge in [-0.15, -0.1) is 11.6 Å². The van der Waals surface area contributed by atoms with Crippen molar-refractivity contribution in [3.05, 3.63) is 63.5 Å². The number of nitro benzene ring substituents is 1. The highest BCUT2D eigenvalue weighted by atomic mass is 35.5. The minimum Gasteiger partial charge on any atom is -0.487 e. The number of hydrogen-bond donors (Lipinski definition) is 0. The molecule has 2 aromatic rings. The molecule has 0 spiro atoms. The lowest BCUT2D eigenvalue weighted by Gasteiger charge is -2.10. The SMILES string of the molecule is Cc1ccc(OCc2ccc([N+](=O)[O-])cc2)c(CCl)n1. The molecule has 0 fully saturated rings. The lowest BCUT2D eigenvalue weighted by Crippen LogP contribution is -2.00. The maximum atomic E-state index is 10.6. The molecule has 0 radical (unpaired) electrons. The normalized spacial score (nSPS) is 10.3. The number of non-ortho nitro benzene ring substituents is 1. The van der Waals surface area contributed by atoms with Gasteiger partial charge in [-0.25, -0.2) is 0 Å². The Labute approximate surface area is 121 Å². The fourth-order valence-corrected chi connectivity index (χ4v) is 1.89. The van der Waals surface area contributed by atoms with Gasteiger partial charge in [-0.1, -0.05) is 0 Å². The lowest BCUT2D eigenvalue weighted by molar-refractivity contribution is -0.384. The number of benzene rings is 1. The quantitative estimate of drug-likeness (QED) is 0.479. The largest absolute Gasteiger partial charge is 0.487 e. The van der Waals surface area contributed by atoms with Gasteiger partial charge in [-0.2, -0.15) is 0 Å².